The van der Waals surface area contributed by atoms with Crippen molar-refractivity contribution in [1.29, 1.82) is 5.26 Å². The molecule has 7 heteroatoms. The predicted octanol–water partition coefficient (Wildman–Crippen LogP) is 15.3. The molecule has 0 N–H and O–H groups in total. The highest BCUT2D eigenvalue weighted by atomic mass is 16.5. The Morgan fingerprint density at radius 1 is 0.541 bits per heavy atom. The number of pyridine rings is 1. The lowest BCUT2D eigenvalue weighted by Crippen LogP contribution is -2.57. The van der Waals surface area contributed by atoms with Crippen LogP contribution in [0.2, 0.25) is 0 Å². The van der Waals surface area contributed by atoms with Crippen LogP contribution in [-0.2, 0) is 5.41 Å². The van der Waals surface area contributed by atoms with E-state index in [4.69, 9.17) is 22.7 Å². The van der Waals surface area contributed by atoms with Gasteiger partial charge < -0.3 is 14.0 Å². The largest absolute Gasteiger partial charge is 0.458 e. The maximum atomic E-state index is 10.1. The Labute approximate surface area is 441 Å². The first-order valence-corrected chi connectivity index (χ1v) is 24.9. The van der Waals surface area contributed by atoms with Crippen molar-refractivity contribution in [3.63, 3.8) is 0 Å². The van der Waals surface area contributed by atoms with Crippen LogP contribution in [0, 0.1) is 11.3 Å². The van der Waals surface area contributed by atoms with Crippen LogP contribution in [0.15, 0.2) is 200 Å². The molecule has 9 aromatic carbocycles. The summed E-state index contributed by atoms with van der Waals surface area (Å²) in [6.45, 7) is 10.5. The fourth-order valence-corrected chi connectivity index (χ4v) is 11.1. The van der Waals surface area contributed by atoms with Crippen LogP contribution >= 0.6 is 0 Å². The summed E-state index contributed by atoms with van der Waals surface area (Å²) in [6.07, 6.45) is 0. The summed E-state index contributed by atoms with van der Waals surface area (Å²) >= 11 is 0. The molecule has 0 bridgehead atoms. The van der Waals surface area contributed by atoms with Crippen LogP contribution in [0.1, 0.15) is 68.2 Å². The van der Waals surface area contributed by atoms with Crippen LogP contribution in [0.4, 0.5) is 0 Å². The third-order valence-corrected chi connectivity index (χ3v) is 14.9. The zero-order valence-electron chi connectivity index (χ0n) is 49.2. The molecule has 0 unspecified atom stereocenters. The lowest BCUT2D eigenvalue weighted by atomic mass is 9.34. The van der Waals surface area contributed by atoms with Crippen LogP contribution in [-0.4, -0.2) is 20.8 Å². The third-order valence-electron chi connectivity index (χ3n) is 14.9. The minimum absolute atomic E-state index is 0.00582. The van der Waals surface area contributed by atoms with Crippen LogP contribution < -0.4 is 25.9 Å². The van der Waals surface area contributed by atoms with E-state index in [1.807, 2.05) is 60.7 Å². The second kappa shape index (κ2) is 16.5. The van der Waals surface area contributed by atoms with Crippen molar-refractivity contribution in [1.82, 2.24) is 14.1 Å². The molecule has 0 fully saturated rings. The second-order valence-electron chi connectivity index (χ2n) is 20.7. The van der Waals surface area contributed by atoms with Crippen molar-refractivity contribution < 1.29 is 20.4 Å². The first-order valence-electron chi connectivity index (χ1n) is 28.9. The van der Waals surface area contributed by atoms with Gasteiger partial charge in [-0.2, -0.15) is 5.26 Å². The summed E-state index contributed by atoms with van der Waals surface area (Å²) in [5.74, 6) is 2.98. The minimum atomic E-state index is -0.517. The molecule has 0 spiro atoms. The van der Waals surface area contributed by atoms with Gasteiger partial charge in [0.15, 0.2) is 0 Å². The van der Waals surface area contributed by atoms with Gasteiger partial charge >= 0.3 is 0 Å². The van der Waals surface area contributed by atoms with E-state index in [1.54, 1.807) is 12.1 Å². The average molecular weight is 961 g/mol. The molecule has 0 amide bonds. The van der Waals surface area contributed by atoms with Gasteiger partial charge in [0.2, 0.25) is 0 Å². The summed E-state index contributed by atoms with van der Waals surface area (Å²) in [5.41, 5.74) is 13.0. The lowest BCUT2D eigenvalue weighted by molar-refractivity contribution is 0.464. The Kier molecular flexibility index (Phi) is 7.99. The molecule has 5 heterocycles. The second-order valence-corrected chi connectivity index (χ2v) is 20.7. The molecule has 2 aliphatic rings. The molecular weight excluding hydrogens is 904 g/mol. The van der Waals surface area contributed by atoms with Crippen molar-refractivity contribution >= 4 is 66.7 Å². The van der Waals surface area contributed by atoms with Gasteiger partial charge in [0.25, 0.3) is 6.71 Å². The fourth-order valence-electron chi connectivity index (χ4n) is 11.1. The first-order chi connectivity index (χ1) is 39.4. The van der Waals surface area contributed by atoms with Crippen LogP contribution in [0.5, 0.6) is 23.0 Å². The number of fused-ring (bicyclic) bond motifs is 10. The van der Waals surface area contributed by atoms with Crippen molar-refractivity contribution in [2.24, 2.45) is 0 Å². The molecule has 352 valence electrons. The van der Waals surface area contributed by atoms with E-state index < -0.39 is 55.1 Å². The molecule has 6 nitrogen and oxygen atoms in total. The highest BCUT2D eigenvalue weighted by Gasteiger charge is 2.41. The molecule has 0 saturated carbocycles. The maximum absolute atomic E-state index is 10.1. The van der Waals surface area contributed by atoms with Gasteiger partial charge in [0.1, 0.15) is 28.8 Å². The van der Waals surface area contributed by atoms with E-state index >= 15 is 0 Å². The van der Waals surface area contributed by atoms with Crippen molar-refractivity contribution in [3.05, 3.63) is 217 Å². The smallest absolute Gasteiger partial charge is 0.260 e. The number of para-hydroxylation sites is 2. The van der Waals surface area contributed by atoms with E-state index in [0.29, 0.717) is 57.1 Å². The zero-order valence-corrected chi connectivity index (χ0v) is 41.2. The van der Waals surface area contributed by atoms with E-state index in [2.05, 4.69) is 124 Å². The predicted molar refractivity (Wildman–Crippen MR) is 304 cm³/mol. The SMILES string of the molecule is [2H]c1c([2H])c([2H])c2c(c1[2H])c1c([2H])c([2H])c([2H])c([2H])c1n2-c1cc2c3c(c1)Oc1ccc(-c4cc(-c5ccc(C(C)C)cc5)cc(-n5c6ccc(C#N)cc6c6cc(C(C)(C)C)ccc65)n4)cc1B3c1cc(-c3ccccc3)ccc1O2. The molecular formula is C67H49BN4O2. The van der Waals surface area contributed by atoms with Gasteiger partial charge in [0.05, 0.1) is 56.0 Å². The van der Waals surface area contributed by atoms with Gasteiger partial charge in [-0.05, 0) is 134 Å². The average Bonchev–Trinajstić information content (AvgIpc) is 2.48. The third kappa shape index (κ3) is 6.90. The van der Waals surface area contributed by atoms with Crippen LogP contribution in [0.3, 0.4) is 0 Å². The van der Waals surface area contributed by atoms with Crippen molar-refractivity contribution in [3.8, 4) is 74.1 Å². The molecule has 0 atom stereocenters. The van der Waals surface area contributed by atoms with Gasteiger partial charge in [-0.3, -0.25) is 4.57 Å². The van der Waals surface area contributed by atoms with Crippen LogP contribution in [0.25, 0.3) is 88.6 Å². The molecule has 2 aliphatic heterocycles. The van der Waals surface area contributed by atoms with Gasteiger partial charge in [0, 0.05) is 39.1 Å². The van der Waals surface area contributed by atoms with Crippen molar-refractivity contribution in [2.45, 2.75) is 46.0 Å². The van der Waals surface area contributed by atoms with Gasteiger partial charge in [-0.25, -0.2) is 4.98 Å². The number of nitrogens with zero attached hydrogens (tertiary/aromatic N) is 4. The minimum Gasteiger partial charge on any atom is -0.458 e. The van der Waals surface area contributed by atoms with E-state index in [9.17, 15) is 8.00 Å². The Hall–Kier alpha value is -9.12. The van der Waals surface area contributed by atoms with Gasteiger partial charge in [-0.1, -0.05) is 150 Å². The number of ether oxygens (including phenoxy) is 2. The van der Waals surface area contributed by atoms with Gasteiger partial charge in [-0.15, -0.1) is 0 Å². The molecule has 0 radical (unpaired) electrons. The standard InChI is InChI=1S/C67H49BN4O2/c1-40(2)42-20-22-44(23-21-42)47-34-56(70-65(35-47)72-59-27-19-41(39-69)31-52(59)53-36-48(67(3,4)5)26-28-60(53)72)46-25-30-62-55(33-46)68-54-32-45(43-13-7-6-8-14-43)24-29-61(54)73-63-37-49(38-64(74-62)66(63)68)71-57-17-11-9-15-50(57)51-16-10-12-18-58(51)71/h6-38,40H,1-5H3/i9D,10D,11D,12D,15D,16D,17D,18D. The fraction of sp³-hybridized carbons (Fsp3) is 0.104. The molecule has 14 rings (SSSR count). The number of hydrogen-bond acceptors (Lipinski definition) is 4. The molecule has 74 heavy (non-hydrogen) atoms. The Bertz CT molecular complexity index is 4730. The summed E-state index contributed by atoms with van der Waals surface area (Å²) in [7, 11) is 0. The number of hydrogen-bond donors (Lipinski definition) is 0. The number of rotatable bonds is 6. The number of aromatic nitrogens is 3. The van der Waals surface area contributed by atoms with Crippen molar-refractivity contribution in [2.75, 3.05) is 0 Å². The highest BCUT2D eigenvalue weighted by Crippen LogP contribution is 2.42. The maximum Gasteiger partial charge on any atom is 0.260 e. The lowest BCUT2D eigenvalue weighted by Gasteiger charge is -2.34. The topological polar surface area (TPSA) is 65.0 Å². The molecule has 0 aliphatic carbocycles. The number of benzene rings is 9. The summed E-state index contributed by atoms with van der Waals surface area (Å²) in [5, 5.41) is 12.1. The summed E-state index contributed by atoms with van der Waals surface area (Å²) in [4.78, 5) is 5.57. The summed E-state index contributed by atoms with van der Waals surface area (Å²) in [6, 6.07) is 49.9. The molecule has 3 aromatic heterocycles. The monoisotopic (exact) mass is 960 g/mol. The Morgan fingerprint density at radius 2 is 1.14 bits per heavy atom. The van der Waals surface area contributed by atoms with E-state index in [-0.39, 0.29) is 27.2 Å². The Morgan fingerprint density at radius 3 is 1.78 bits per heavy atom. The quantitative estimate of drug-likeness (QED) is 0.156. The van der Waals surface area contributed by atoms with E-state index in [0.717, 1.165) is 60.5 Å². The Balaban J connectivity index is 1.00. The zero-order chi connectivity index (χ0) is 56.9. The van der Waals surface area contributed by atoms with E-state index in [1.165, 1.54) is 15.7 Å². The number of nitriles is 1. The first kappa shape index (κ1) is 35.9. The molecule has 12 aromatic rings. The summed E-state index contributed by atoms with van der Waals surface area (Å²) < 4.78 is 89.1. The molecule has 0 saturated heterocycles. The normalized spacial score (nSPS) is 14.2. The highest BCUT2D eigenvalue weighted by molar-refractivity contribution is 6.98.